The maximum Gasteiger partial charge on any atom is 0.332 e. The van der Waals surface area contributed by atoms with E-state index in [0.29, 0.717) is 45.7 Å². The van der Waals surface area contributed by atoms with Crippen molar-refractivity contribution in [3.05, 3.63) is 451 Å². The van der Waals surface area contributed by atoms with Crippen LogP contribution in [0.25, 0.3) is 0 Å². The number of nitrogens with zero attached hydrogens (tertiary/aromatic N) is 6. The maximum atomic E-state index is 13.7. The molecule has 2 fully saturated rings. The van der Waals surface area contributed by atoms with Gasteiger partial charge in [-0.25, -0.2) is 19.4 Å². The van der Waals surface area contributed by atoms with Crippen LogP contribution in [-0.2, 0) is 27.5 Å². The number of aryl methyl sites for hydroxylation is 14. The number of nitrogens with two attached hydrogens (primary N) is 1. The first kappa shape index (κ1) is 122. The fourth-order valence-electron chi connectivity index (χ4n) is 17.0. The highest BCUT2D eigenvalue weighted by Crippen LogP contribution is 2.48. The van der Waals surface area contributed by atoms with Crippen molar-refractivity contribution in [1.82, 2.24) is 5.06 Å². The topological polar surface area (TPSA) is 241 Å². The molecule has 18 nitrogen and oxygen atoms in total. The zero-order valence-corrected chi connectivity index (χ0v) is 100. The van der Waals surface area contributed by atoms with Gasteiger partial charge >= 0.3 is 12.1 Å². The molecule has 0 aromatic heterocycles. The molecule has 2 heterocycles. The van der Waals surface area contributed by atoms with E-state index >= 15 is 0 Å². The van der Waals surface area contributed by atoms with Crippen molar-refractivity contribution in [2.75, 3.05) is 39.5 Å². The predicted octanol–water partition coefficient (Wildman–Crippen LogP) is 33.4. The number of Topliss-reactive ketones (excluding diaryl/α,β-unsaturated/α-hetero) is 3. The van der Waals surface area contributed by atoms with Gasteiger partial charge in [-0.15, -0.1) is 0 Å². The molecular formula is C121H124Br8ClN7O11. The van der Waals surface area contributed by atoms with E-state index in [1.165, 1.54) is 33.6 Å². The van der Waals surface area contributed by atoms with Crippen molar-refractivity contribution in [2.24, 2.45) is 10.9 Å². The number of urea groups is 2. The Morgan fingerprint density at radius 1 is 0.399 bits per heavy atom. The number of amides is 5. The number of aliphatic hydroxyl groups is 2. The zero-order chi connectivity index (χ0) is 110. The minimum atomic E-state index is -1.53. The van der Waals surface area contributed by atoms with Gasteiger partial charge in [0, 0.05) is 118 Å². The lowest BCUT2D eigenvalue weighted by Gasteiger charge is -2.36. The van der Waals surface area contributed by atoms with Crippen molar-refractivity contribution in [2.45, 2.75) is 173 Å². The number of hydrogen-bond donors (Lipinski definition) is 3. The molecule has 2 aliphatic heterocycles. The van der Waals surface area contributed by atoms with Crippen molar-refractivity contribution >= 4 is 220 Å². The van der Waals surface area contributed by atoms with E-state index in [2.05, 4.69) is 175 Å². The third-order valence-corrected chi connectivity index (χ3v) is 27.9. The number of anilines is 5. The van der Waals surface area contributed by atoms with Gasteiger partial charge in [0.25, 0.3) is 11.1 Å². The monoisotopic (exact) mass is 2520 g/mol. The van der Waals surface area contributed by atoms with Crippen molar-refractivity contribution in [1.29, 1.82) is 0 Å². The number of halogens is 9. The Morgan fingerprint density at radius 3 is 0.932 bits per heavy atom. The second-order valence-electron chi connectivity index (χ2n) is 36.7. The summed E-state index contributed by atoms with van der Waals surface area (Å²) < 4.78 is 6.77. The maximum absolute atomic E-state index is 13.7. The second kappa shape index (κ2) is 57.3. The normalized spacial score (nSPS) is 15.0. The Hall–Kier alpha value is -11.0. The molecule has 2 aliphatic rings. The Labute approximate surface area is 943 Å². The van der Waals surface area contributed by atoms with Crippen LogP contribution in [0.5, 0.6) is 0 Å². The summed E-state index contributed by atoms with van der Waals surface area (Å²) in [6.45, 7) is 37.4. The molecule has 2 saturated heterocycles. The number of nitrogen functional groups attached to an aromatic ring is 1. The minimum Gasteiger partial charge on any atom is -0.399 e. The lowest BCUT2D eigenvalue weighted by atomic mass is 9.91. The number of benzene rings is 14. The van der Waals surface area contributed by atoms with E-state index in [1.54, 1.807) is 41.1 Å². The van der Waals surface area contributed by atoms with Gasteiger partial charge in [-0.05, 0) is 360 Å². The van der Waals surface area contributed by atoms with Gasteiger partial charge in [-0.1, -0.05) is 298 Å². The molecule has 772 valence electrons. The SMILES string of the molecule is CCC(=O)c1cc(C)cc(C)c1.CON(C)C(=O)c1cc(C)cc(C)c1.Cc1cc(C)cc(C(=O)C(C)Br)c1.Cc1cc(C)cc(C(=O)C(C)Cc2ccc(Br)cc2)c1.Cc1cc(C)cc(C(=O)Cl)c1.Cc1cc(C)cc(C2(O)C(C)N(c3ccc(Br)cc3)C(=O)N2c2ccc(Br)cc2)c1.Cc1cc(C)cc(C2(O)[C@H](C)N(c3ccc(Br)cc3)C(=O)N2c2ccc(Br)cc2)c1.Nc1ccc(Br)cc1.O=C=Nc1ccc(Br)cc1. The zero-order valence-electron chi connectivity index (χ0n) is 86.7. The Balaban J connectivity index is 0.000000211. The number of hydrogen-bond acceptors (Lipinski definition) is 13. The summed E-state index contributed by atoms with van der Waals surface area (Å²) in [4.78, 5) is 109. The number of rotatable bonds is 18. The first-order valence-electron chi connectivity index (χ1n) is 47.5. The van der Waals surface area contributed by atoms with Crippen LogP contribution in [0.1, 0.15) is 187 Å². The highest BCUT2D eigenvalue weighted by atomic mass is 79.9. The summed E-state index contributed by atoms with van der Waals surface area (Å²) in [7, 11) is 3.07. The summed E-state index contributed by atoms with van der Waals surface area (Å²) in [6, 6.07) is 92.3. The van der Waals surface area contributed by atoms with Gasteiger partial charge < -0.3 is 15.9 Å². The van der Waals surface area contributed by atoms with Gasteiger partial charge in [0.1, 0.15) is 0 Å². The molecule has 148 heavy (non-hydrogen) atoms. The third kappa shape index (κ3) is 35.3. The molecule has 14 aromatic carbocycles. The van der Waals surface area contributed by atoms with E-state index in [9.17, 15) is 48.6 Å². The highest BCUT2D eigenvalue weighted by Gasteiger charge is 2.58. The van der Waals surface area contributed by atoms with E-state index in [4.69, 9.17) is 22.2 Å². The van der Waals surface area contributed by atoms with Crippen LogP contribution in [-0.4, -0.2) is 93.0 Å². The van der Waals surface area contributed by atoms with Crippen molar-refractivity contribution in [3.63, 3.8) is 0 Å². The molecule has 6 atom stereocenters. The molecule has 0 radical (unpaired) electrons. The predicted molar refractivity (Wildman–Crippen MR) is 634 cm³/mol. The molecule has 14 aromatic rings. The van der Waals surface area contributed by atoms with Crippen molar-refractivity contribution in [3.8, 4) is 0 Å². The molecule has 0 saturated carbocycles. The van der Waals surface area contributed by atoms with Crippen LogP contribution in [0.4, 0.5) is 43.7 Å². The molecule has 5 unspecified atom stereocenters. The Kier molecular flexibility index (Phi) is 47.3. The highest BCUT2D eigenvalue weighted by molar-refractivity contribution is 9.11. The summed E-state index contributed by atoms with van der Waals surface area (Å²) in [5.74, 6) is 0.463. The lowest BCUT2D eigenvalue weighted by molar-refractivity contribution is -0.0757. The van der Waals surface area contributed by atoms with Gasteiger partial charge in [-0.2, -0.15) is 4.99 Å². The summed E-state index contributed by atoms with van der Waals surface area (Å²) in [6.07, 6.45) is 2.83. The number of carbonyl (C=O) groups excluding carboxylic acids is 8. The molecule has 27 heteroatoms. The molecule has 0 bridgehead atoms. The van der Waals surface area contributed by atoms with Crippen molar-refractivity contribution < 1.29 is 53.4 Å². The van der Waals surface area contributed by atoms with E-state index in [1.807, 2.05) is 362 Å². The van der Waals surface area contributed by atoms with Crippen LogP contribution >= 0.6 is 139 Å². The minimum absolute atomic E-state index is 0.00243. The first-order chi connectivity index (χ1) is 69.8. The van der Waals surface area contributed by atoms with Crippen LogP contribution in [0.2, 0.25) is 0 Å². The summed E-state index contributed by atoms with van der Waals surface area (Å²) >= 11 is 32.3. The Morgan fingerprint density at radius 2 is 0.655 bits per heavy atom. The standard InChI is InChI=1S/2C24H22Br2N2O2.C18H19BrO.C11H13BrO.C11H15NO2.C11H14O.C9H9ClO.C7H4BrNO.C6H6BrN/c2*1-15-12-16(2)14-18(13-15)24(30)17(3)27(21-8-4-19(25)5-9-21)23(29)28(24)22-10-6-20(26)7-11-22;1-12-8-13(2)10-16(9-12)18(20)14(3)11-15-4-6-17(19)7-5-15;1-7-4-8(2)6-10(5-7)11(13)9(3)12;1-8-5-9(2)7-10(6-8)11(13)12(3)14-4;1-4-11(12)10-6-8(2)5-9(3)7-10;1-6-3-7(2)5-8(4-6)9(10)11;8-6-1-3-7(4-2-6)9-5-10;7-5-1-3-6(8)4-2-5/h2*4-14,17,30H,1-3H3;4-10,14H,11H2,1-3H3;4-6,9H,1-3H3;5-7H,1-4H3;5-7H,4H2,1-3H3;3-5H,1-2H3;1-4H;1-4H,8H2/t17-,24?;;;;;;;;/m0......../s1. The fourth-order valence-corrected chi connectivity index (χ4v) is 19.2. The second-order valence-corrected chi connectivity index (χ2v) is 44.8. The molecule has 0 aliphatic carbocycles. The molecule has 5 amide bonds. The summed E-state index contributed by atoms with van der Waals surface area (Å²) in [5.41, 5.74) is 28.1. The molecule has 4 N–H and O–H groups in total. The average molecular weight is 2530 g/mol. The number of aliphatic imine (C=N–C) groups is 1. The number of alkyl halides is 1. The lowest BCUT2D eigenvalue weighted by Crippen LogP contribution is -2.48. The van der Waals surface area contributed by atoms with Gasteiger partial charge in [0.2, 0.25) is 6.08 Å². The number of carbonyl (C=O) groups is 7. The first-order valence-corrected chi connectivity index (χ1v) is 54.3. The molecule has 0 spiro atoms. The van der Waals surface area contributed by atoms with Gasteiger partial charge in [0.15, 0.2) is 28.8 Å². The van der Waals surface area contributed by atoms with Gasteiger partial charge in [0.05, 0.1) is 29.7 Å². The van der Waals surface area contributed by atoms with Crippen LogP contribution < -0.4 is 25.3 Å². The van der Waals surface area contributed by atoms with Crippen LogP contribution in [0.15, 0.2) is 334 Å². The fraction of sp³-hybridized carbons (Fsp3) is 0.240. The number of hydroxylamine groups is 2. The van der Waals surface area contributed by atoms with Gasteiger partial charge in [-0.3, -0.25) is 48.4 Å². The largest absolute Gasteiger partial charge is 0.399 e. The van der Waals surface area contributed by atoms with Crippen LogP contribution in [0, 0.1) is 103 Å². The van der Waals surface area contributed by atoms with E-state index in [-0.39, 0.29) is 46.1 Å². The molecule has 16 rings (SSSR count). The number of isocyanates is 1. The van der Waals surface area contributed by atoms with E-state index in [0.717, 1.165) is 149 Å². The van der Waals surface area contributed by atoms with E-state index < -0.39 is 28.8 Å². The van der Waals surface area contributed by atoms with Crippen LogP contribution in [0.3, 0.4) is 0 Å². The average Bonchev–Trinajstić information content (AvgIpc) is 1.57. The smallest absolute Gasteiger partial charge is 0.332 e. The number of ketones is 3. The summed E-state index contributed by atoms with van der Waals surface area (Å²) in [5, 5.41) is 25.1. The Bertz CT molecular complexity index is 6680. The quantitative estimate of drug-likeness (QED) is 0.0138. The molecular weight excluding hydrogens is 2400 g/mol. The third-order valence-electron chi connectivity index (χ3n) is 23.6.